The number of carboxylic acids is 1. The summed E-state index contributed by atoms with van der Waals surface area (Å²) < 4.78 is 5.35. The fourth-order valence-electron chi connectivity index (χ4n) is 1.77. The van der Waals surface area contributed by atoms with Gasteiger partial charge in [-0.05, 0) is 6.92 Å². The highest BCUT2D eigenvalue weighted by molar-refractivity contribution is 6.40. The number of rotatable bonds is 1. The lowest BCUT2D eigenvalue weighted by molar-refractivity contribution is 0.0695. The molecule has 4 nitrogen and oxygen atoms in total. The van der Waals surface area contributed by atoms with Crippen LogP contribution in [0.3, 0.4) is 0 Å². The van der Waals surface area contributed by atoms with Gasteiger partial charge in [0, 0.05) is 12.0 Å². The predicted octanol–water partition coefficient (Wildman–Crippen LogP) is 2.72. The van der Waals surface area contributed by atoms with Crippen LogP contribution in [0.5, 0.6) is 11.5 Å². The monoisotopic (exact) mass is 262 g/mol. The third-order valence-electron chi connectivity index (χ3n) is 2.44. The molecule has 0 amide bonds. The highest BCUT2D eigenvalue weighted by Gasteiger charge is 2.32. The Kier molecular flexibility index (Phi) is 2.64. The molecule has 1 aromatic rings. The third kappa shape index (κ3) is 1.49. The molecule has 1 aromatic carbocycles. The summed E-state index contributed by atoms with van der Waals surface area (Å²) in [6.07, 6.45) is 0.236. The number of carbonyl (C=O) groups is 1. The number of halogens is 2. The molecule has 0 aromatic heterocycles. The van der Waals surface area contributed by atoms with Crippen molar-refractivity contribution >= 4 is 29.2 Å². The first-order valence-electron chi connectivity index (χ1n) is 4.56. The molecule has 1 aliphatic rings. The number of phenolic OH excluding ortho intramolecular Hbond substituents is 1. The number of fused-ring (bicyclic) bond motifs is 1. The lowest BCUT2D eigenvalue weighted by atomic mass is 10.0. The lowest BCUT2D eigenvalue weighted by Gasteiger charge is -2.10. The number of aromatic hydroxyl groups is 1. The van der Waals surface area contributed by atoms with Crippen molar-refractivity contribution in [1.82, 2.24) is 0 Å². The van der Waals surface area contributed by atoms with Crippen LogP contribution in [0.2, 0.25) is 10.0 Å². The molecule has 2 N–H and O–H groups in total. The Hall–Kier alpha value is -1.13. The van der Waals surface area contributed by atoms with Gasteiger partial charge in [0.15, 0.2) is 5.75 Å². The molecule has 0 bridgehead atoms. The molecule has 1 heterocycles. The van der Waals surface area contributed by atoms with Crippen LogP contribution in [0.25, 0.3) is 0 Å². The molecule has 86 valence electrons. The van der Waals surface area contributed by atoms with Crippen LogP contribution >= 0.6 is 23.2 Å². The van der Waals surface area contributed by atoms with Crippen molar-refractivity contribution in [2.75, 3.05) is 0 Å². The average molecular weight is 263 g/mol. The number of hydrogen-bond donors (Lipinski definition) is 2. The van der Waals surface area contributed by atoms with Crippen LogP contribution in [-0.4, -0.2) is 22.3 Å². The molecule has 1 unspecified atom stereocenters. The zero-order valence-corrected chi connectivity index (χ0v) is 9.76. The molecule has 16 heavy (non-hydrogen) atoms. The zero-order chi connectivity index (χ0) is 12.0. The van der Waals surface area contributed by atoms with Gasteiger partial charge in [0.2, 0.25) is 0 Å². The van der Waals surface area contributed by atoms with Crippen LogP contribution < -0.4 is 4.74 Å². The van der Waals surface area contributed by atoms with E-state index in [2.05, 4.69) is 0 Å². The normalized spacial score (nSPS) is 18.1. The Bertz CT molecular complexity index is 484. The van der Waals surface area contributed by atoms with E-state index < -0.39 is 11.7 Å². The van der Waals surface area contributed by atoms with Gasteiger partial charge < -0.3 is 14.9 Å². The third-order valence-corrected chi connectivity index (χ3v) is 3.15. The number of ether oxygens (including phenoxy) is 1. The summed E-state index contributed by atoms with van der Waals surface area (Å²) in [5.74, 6) is -1.44. The van der Waals surface area contributed by atoms with E-state index in [1.807, 2.05) is 0 Å². The molecule has 0 spiro atoms. The number of benzene rings is 1. The van der Waals surface area contributed by atoms with E-state index in [4.69, 9.17) is 33.0 Å². The van der Waals surface area contributed by atoms with Crippen molar-refractivity contribution in [2.45, 2.75) is 19.4 Å². The minimum Gasteiger partial charge on any atom is -0.505 e. The van der Waals surface area contributed by atoms with Gasteiger partial charge >= 0.3 is 5.97 Å². The van der Waals surface area contributed by atoms with E-state index in [9.17, 15) is 9.90 Å². The predicted molar refractivity (Wildman–Crippen MR) is 58.9 cm³/mol. The van der Waals surface area contributed by atoms with Crippen LogP contribution in [0.15, 0.2) is 0 Å². The highest BCUT2D eigenvalue weighted by atomic mass is 35.5. The molecular weight excluding hydrogens is 255 g/mol. The standard InChI is InChI=1S/C10H8Cl2O4/c1-3-2-4-5(10(14)15)6(11)8(13)7(12)9(4)16-3/h3,13H,2H2,1H3,(H,14,15). The highest BCUT2D eigenvalue weighted by Crippen LogP contribution is 2.48. The van der Waals surface area contributed by atoms with Crippen molar-refractivity contribution in [3.05, 3.63) is 21.2 Å². The first kappa shape index (κ1) is 11.4. The van der Waals surface area contributed by atoms with Crippen molar-refractivity contribution in [3.63, 3.8) is 0 Å². The summed E-state index contributed by atoms with van der Waals surface area (Å²) >= 11 is 11.6. The Morgan fingerprint density at radius 1 is 1.44 bits per heavy atom. The van der Waals surface area contributed by atoms with Crippen LogP contribution in [0.4, 0.5) is 0 Å². The van der Waals surface area contributed by atoms with Crippen LogP contribution in [0, 0.1) is 0 Å². The first-order valence-corrected chi connectivity index (χ1v) is 5.31. The van der Waals surface area contributed by atoms with E-state index in [1.165, 1.54) is 0 Å². The topological polar surface area (TPSA) is 66.8 Å². The quantitative estimate of drug-likeness (QED) is 0.817. The minimum atomic E-state index is -1.20. The van der Waals surface area contributed by atoms with E-state index in [-0.39, 0.29) is 27.5 Å². The van der Waals surface area contributed by atoms with E-state index in [1.54, 1.807) is 6.92 Å². The second kappa shape index (κ2) is 3.71. The summed E-state index contributed by atoms with van der Waals surface area (Å²) in [5, 5.41) is 18.3. The van der Waals surface area contributed by atoms with Gasteiger partial charge in [-0.15, -0.1) is 0 Å². The Morgan fingerprint density at radius 2 is 2.06 bits per heavy atom. The van der Waals surface area contributed by atoms with Crippen molar-refractivity contribution < 1.29 is 19.7 Å². The molecule has 0 fully saturated rings. The number of hydrogen-bond acceptors (Lipinski definition) is 3. The lowest BCUT2D eigenvalue weighted by Crippen LogP contribution is -2.06. The van der Waals surface area contributed by atoms with E-state index in [0.717, 1.165) is 0 Å². The molecule has 0 aliphatic carbocycles. The molecule has 2 rings (SSSR count). The van der Waals surface area contributed by atoms with Gasteiger partial charge in [-0.25, -0.2) is 4.79 Å². The maximum absolute atomic E-state index is 11.1. The van der Waals surface area contributed by atoms with Crippen LogP contribution in [0.1, 0.15) is 22.8 Å². The van der Waals surface area contributed by atoms with Crippen LogP contribution in [-0.2, 0) is 6.42 Å². The van der Waals surface area contributed by atoms with Crippen molar-refractivity contribution in [2.24, 2.45) is 0 Å². The zero-order valence-electron chi connectivity index (χ0n) is 8.25. The molecule has 0 radical (unpaired) electrons. The Labute approximate surface area is 101 Å². The second-order valence-corrected chi connectivity index (χ2v) is 4.35. The molecule has 1 aliphatic heterocycles. The summed E-state index contributed by atoms with van der Waals surface area (Å²) in [6.45, 7) is 1.78. The molecular formula is C10H8Cl2O4. The number of aromatic carboxylic acids is 1. The maximum Gasteiger partial charge on any atom is 0.337 e. The first-order chi connectivity index (χ1) is 7.43. The fraction of sp³-hybridized carbons (Fsp3) is 0.300. The smallest absolute Gasteiger partial charge is 0.337 e. The van der Waals surface area contributed by atoms with Gasteiger partial charge in [0.25, 0.3) is 0 Å². The van der Waals surface area contributed by atoms with Gasteiger partial charge in [0.05, 0.1) is 10.6 Å². The molecule has 0 saturated carbocycles. The fourth-order valence-corrected chi connectivity index (χ4v) is 2.36. The maximum atomic E-state index is 11.1. The summed E-state index contributed by atoms with van der Waals surface area (Å²) in [5.41, 5.74) is 0.302. The summed E-state index contributed by atoms with van der Waals surface area (Å²) in [6, 6.07) is 0. The van der Waals surface area contributed by atoms with Crippen molar-refractivity contribution in [3.8, 4) is 11.5 Å². The second-order valence-electron chi connectivity index (χ2n) is 3.60. The average Bonchev–Trinajstić information content (AvgIpc) is 2.56. The molecule has 0 saturated heterocycles. The van der Waals surface area contributed by atoms with Gasteiger partial charge in [-0.1, -0.05) is 23.2 Å². The summed E-state index contributed by atoms with van der Waals surface area (Å²) in [7, 11) is 0. The van der Waals surface area contributed by atoms with Gasteiger partial charge in [-0.2, -0.15) is 0 Å². The van der Waals surface area contributed by atoms with Gasteiger partial charge in [0.1, 0.15) is 16.9 Å². The molecule has 1 atom stereocenters. The van der Waals surface area contributed by atoms with E-state index in [0.29, 0.717) is 12.0 Å². The molecule has 6 heteroatoms. The van der Waals surface area contributed by atoms with E-state index >= 15 is 0 Å². The number of phenols is 1. The van der Waals surface area contributed by atoms with Gasteiger partial charge in [-0.3, -0.25) is 0 Å². The summed E-state index contributed by atoms with van der Waals surface area (Å²) in [4.78, 5) is 11.1. The largest absolute Gasteiger partial charge is 0.505 e. The minimum absolute atomic E-state index is 0.0330. The Balaban J connectivity index is 2.77. The Morgan fingerprint density at radius 3 is 2.62 bits per heavy atom. The van der Waals surface area contributed by atoms with Crippen molar-refractivity contribution in [1.29, 1.82) is 0 Å². The number of carboxylic acid groups (broad SMARTS) is 1. The SMILES string of the molecule is CC1Cc2c(c(Cl)c(O)c(Cl)c2C(=O)O)O1.